The summed E-state index contributed by atoms with van der Waals surface area (Å²) in [4.78, 5) is 11.3. The van der Waals surface area contributed by atoms with E-state index in [0.717, 1.165) is 5.56 Å². The topological polar surface area (TPSA) is 44.8 Å². The molecule has 0 bridgehead atoms. The summed E-state index contributed by atoms with van der Waals surface area (Å²) in [6.45, 7) is 1.87. The van der Waals surface area contributed by atoms with Gasteiger partial charge in [-0.3, -0.25) is 0 Å². The van der Waals surface area contributed by atoms with E-state index in [9.17, 15) is 4.79 Å². The van der Waals surface area contributed by atoms with Crippen LogP contribution in [0.2, 0.25) is 0 Å². The van der Waals surface area contributed by atoms with Crippen molar-refractivity contribution in [3.05, 3.63) is 29.3 Å². The predicted octanol–water partition coefficient (Wildman–Crippen LogP) is 1.77. The van der Waals surface area contributed by atoms with Gasteiger partial charge in [-0.25, -0.2) is 4.79 Å². The SMILES string of the molecule is COC(=O)c1ccc2c(c1)OC(C)(OC)C2. The lowest BCUT2D eigenvalue weighted by Gasteiger charge is -2.21. The van der Waals surface area contributed by atoms with Crippen LogP contribution in [0.1, 0.15) is 22.8 Å². The van der Waals surface area contributed by atoms with Gasteiger partial charge >= 0.3 is 5.97 Å². The van der Waals surface area contributed by atoms with Crippen LogP contribution in [0.4, 0.5) is 0 Å². The normalized spacial score (nSPS) is 22.4. The third-order valence-corrected chi connectivity index (χ3v) is 2.76. The Hall–Kier alpha value is -1.55. The predicted molar refractivity (Wildman–Crippen MR) is 57.5 cm³/mol. The Labute approximate surface area is 94.1 Å². The fraction of sp³-hybridized carbons (Fsp3) is 0.417. The van der Waals surface area contributed by atoms with Crippen LogP contribution in [-0.4, -0.2) is 26.0 Å². The quantitative estimate of drug-likeness (QED) is 0.715. The maximum Gasteiger partial charge on any atom is 0.337 e. The number of hydrogen-bond acceptors (Lipinski definition) is 4. The summed E-state index contributed by atoms with van der Waals surface area (Å²) in [5.74, 6) is -0.304. The molecule has 1 atom stereocenters. The largest absolute Gasteiger partial charge is 0.465 e. The van der Waals surface area contributed by atoms with Crippen molar-refractivity contribution >= 4 is 5.97 Å². The van der Waals surface area contributed by atoms with E-state index in [1.807, 2.05) is 13.0 Å². The molecule has 1 aromatic rings. The summed E-state index contributed by atoms with van der Waals surface area (Å²) >= 11 is 0. The van der Waals surface area contributed by atoms with Crippen LogP contribution in [0.5, 0.6) is 5.75 Å². The lowest BCUT2D eigenvalue weighted by atomic mass is 10.1. The van der Waals surface area contributed by atoms with Gasteiger partial charge in [-0.05, 0) is 12.1 Å². The van der Waals surface area contributed by atoms with Crippen molar-refractivity contribution in [1.29, 1.82) is 0 Å². The Morgan fingerprint density at radius 3 is 2.81 bits per heavy atom. The van der Waals surface area contributed by atoms with E-state index >= 15 is 0 Å². The van der Waals surface area contributed by atoms with Crippen LogP contribution in [0.15, 0.2) is 18.2 Å². The van der Waals surface area contributed by atoms with Gasteiger partial charge in [0.1, 0.15) is 5.75 Å². The van der Waals surface area contributed by atoms with Gasteiger partial charge in [-0.2, -0.15) is 0 Å². The molecule has 0 saturated heterocycles. The maximum atomic E-state index is 11.3. The number of benzene rings is 1. The zero-order valence-electron chi connectivity index (χ0n) is 9.57. The first-order chi connectivity index (χ1) is 7.58. The van der Waals surface area contributed by atoms with Crippen LogP contribution in [0, 0.1) is 0 Å². The second-order valence-electron chi connectivity index (χ2n) is 3.93. The van der Waals surface area contributed by atoms with Gasteiger partial charge < -0.3 is 14.2 Å². The van der Waals surface area contributed by atoms with E-state index in [1.165, 1.54) is 7.11 Å². The minimum atomic E-state index is -0.628. The summed E-state index contributed by atoms with van der Waals surface area (Å²) in [5, 5.41) is 0. The number of carbonyl (C=O) groups is 1. The standard InChI is InChI=1S/C12H14O4/c1-12(15-3)7-9-5-4-8(11(13)14-2)6-10(9)16-12/h4-6H,7H2,1-3H3. The Balaban J connectivity index is 2.31. The third kappa shape index (κ3) is 1.76. The number of ether oxygens (including phenoxy) is 3. The molecular formula is C12H14O4. The molecule has 0 radical (unpaired) electrons. The number of fused-ring (bicyclic) bond motifs is 1. The highest BCUT2D eigenvalue weighted by atomic mass is 16.7. The number of esters is 1. The van der Waals surface area contributed by atoms with Crippen LogP contribution in [0.3, 0.4) is 0 Å². The molecule has 4 heteroatoms. The fourth-order valence-electron chi connectivity index (χ4n) is 1.77. The van der Waals surface area contributed by atoms with Crippen molar-refractivity contribution in [3.63, 3.8) is 0 Å². The summed E-state index contributed by atoms with van der Waals surface area (Å²) < 4.78 is 15.6. The van der Waals surface area contributed by atoms with Gasteiger partial charge in [-0.15, -0.1) is 0 Å². The highest BCUT2D eigenvalue weighted by molar-refractivity contribution is 5.90. The monoisotopic (exact) mass is 222 g/mol. The Kier molecular flexibility index (Phi) is 2.59. The molecule has 86 valence electrons. The van der Waals surface area contributed by atoms with Crippen LogP contribution < -0.4 is 4.74 Å². The number of methoxy groups -OCH3 is 2. The number of carbonyl (C=O) groups excluding carboxylic acids is 1. The van der Waals surface area contributed by atoms with Crippen molar-refractivity contribution in [1.82, 2.24) is 0 Å². The van der Waals surface area contributed by atoms with Gasteiger partial charge in [0.2, 0.25) is 5.79 Å². The molecule has 0 aromatic heterocycles. The van der Waals surface area contributed by atoms with Crippen molar-refractivity contribution in [3.8, 4) is 5.75 Å². The van der Waals surface area contributed by atoms with E-state index < -0.39 is 5.79 Å². The van der Waals surface area contributed by atoms with Crippen molar-refractivity contribution in [2.45, 2.75) is 19.1 Å². The van der Waals surface area contributed by atoms with Crippen molar-refractivity contribution in [2.24, 2.45) is 0 Å². The lowest BCUT2D eigenvalue weighted by molar-refractivity contribution is -0.134. The van der Waals surface area contributed by atoms with Crippen molar-refractivity contribution in [2.75, 3.05) is 14.2 Å². The average Bonchev–Trinajstić information content (AvgIpc) is 2.64. The third-order valence-electron chi connectivity index (χ3n) is 2.76. The molecule has 1 aliphatic rings. The second-order valence-corrected chi connectivity index (χ2v) is 3.93. The van der Waals surface area contributed by atoms with Crippen LogP contribution >= 0.6 is 0 Å². The van der Waals surface area contributed by atoms with E-state index in [1.54, 1.807) is 19.2 Å². The molecule has 1 aliphatic heterocycles. The lowest BCUT2D eigenvalue weighted by Crippen LogP contribution is -2.32. The molecule has 0 spiro atoms. The van der Waals surface area contributed by atoms with E-state index in [4.69, 9.17) is 9.47 Å². The molecule has 0 amide bonds. The highest BCUT2D eigenvalue weighted by Gasteiger charge is 2.35. The van der Waals surface area contributed by atoms with E-state index in [0.29, 0.717) is 17.7 Å². The molecule has 0 aliphatic carbocycles. The molecule has 1 heterocycles. The molecular weight excluding hydrogens is 208 g/mol. The summed E-state index contributed by atoms with van der Waals surface area (Å²) in [6.07, 6.45) is 0.681. The smallest absolute Gasteiger partial charge is 0.337 e. The van der Waals surface area contributed by atoms with Gasteiger partial charge in [0.25, 0.3) is 0 Å². The average molecular weight is 222 g/mol. The molecule has 0 N–H and O–H groups in total. The first-order valence-electron chi connectivity index (χ1n) is 5.03. The fourth-order valence-corrected chi connectivity index (χ4v) is 1.77. The summed E-state index contributed by atoms with van der Waals surface area (Å²) in [6, 6.07) is 5.28. The Morgan fingerprint density at radius 1 is 1.44 bits per heavy atom. The molecule has 16 heavy (non-hydrogen) atoms. The minimum absolute atomic E-state index is 0.364. The Morgan fingerprint density at radius 2 is 2.19 bits per heavy atom. The maximum absolute atomic E-state index is 11.3. The summed E-state index contributed by atoms with van der Waals surface area (Å²) in [5.41, 5.74) is 1.53. The Bertz CT molecular complexity index is 427. The molecule has 4 nitrogen and oxygen atoms in total. The molecule has 1 aromatic carbocycles. The number of rotatable bonds is 2. The molecule has 0 saturated carbocycles. The van der Waals surface area contributed by atoms with Crippen molar-refractivity contribution < 1.29 is 19.0 Å². The summed E-state index contributed by atoms with van der Waals surface area (Å²) in [7, 11) is 2.96. The van der Waals surface area contributed by atoms with E-state index in [2.05, 4.69) is 4.74 Å². The van der Waals surface area contributed by atoms with Gasteiger partial charge in [-0.1, -0.05) is 6.07 Å². The highest BCUT2D eigenvalue weighted by Crippen LogP contribution is 2.35. The minimum Gasteiger partial charge on any atom is -0.465 e. The zero-order valence-corrected chi connectivity index (χ0v) is 9.57. The van der Waals surface area contributed by atoms with Gasteiger partial charge in [0.15, 0.2) is 0 Å². The van der Waals surface area contributed by atoms with Crippen LogP contribution in [-0.2, 0) is 15.9 Å². The first kappa shape index (κ1) is 11.0. The first-order valence-corrected chi connectivity index (χ1v) is 5.03. The molecule has 0 fully saturated rings. The van der Waals surface area contributed by atoms with E-state index in [-0.39, 0.29) is 5.97 Å². The zero-order chi connectivity index (χ0) is 11.8. The van der Waals surface area contributed by atoms with Gasteiger partial charge in [0.05, 0.1) is 12.7 Å². The molecule has 1 unspecified atom stereocenters. The van der Waals surface area contributed by atoms with Gasteiger partial charge in [0, 0.05) is 26.0 Å². The van der Waals surface area contributed by atoms with Crippen LogP contribution in [0.25, 0.3) is 0 Å². The number of hydrogen-bond donors (Lipinski definition) is 0. The second kappa shape index (κ2) is 3.79. The molecule has 2 rings (SSSR count).